The van der Waals surface area contributed by atoms with Crippen molar-refractivity contribution in [3.05, 3.63) is 41.4 Å². The number of aromatic nitrogens is 1. The summed E-state index contributed by atoms with van der Waals surface area (Å²) < 4.78 is 0. The summed E-state index contributed by atoms with van der Waals surface area (Å²) in [5, 5.41) is 0. The molecule has 2 aliphatic rings. The molecule has 0 radical (unpaired) electrons. The van der Waals surface area contributed by atoms with Crippen molar-refractivity contribution in [3.63, 3.8) is 0 Å². The van der Waals surface area contributed by atoms with Crippen molar-refractivity contribution in [2.75, 3.05) is 13.1 Å². The van der Waals surface area contributed by atoms with E-state index in [1.54, 1.807) is 12.3 Å². The van der Waals surface area contributed by atoms with Crippen LogP contribution in [0.4, 0.5) is 0 Å². The van der Waals surface area contributed by atoms with Gasteiger partial charge in [-0.3, -0.25) is 14.6 Å². The lowest BCUT2D eigenvalue weighted by atomic mass is 9.94. The van der Waals surface area contributed by atoms with E-state index in [4.69, 9.17) is 0 Å². The summed E-state index contributed by atoms with van der Waals surface area (Å²) in [7, 11) is 0. The molecule has 1 aromatic heterocycles. The lowest BCUT2D eigenvalue weighted by molar-refractivity contribution is 0.0956. The number of hydrogen-bond donors (Lipinski definition) is 0. The van der Waals surface area contributed by atoms with E-state index in [2.05, 4.69) is 4.98 Å². The van der Waals surface area contributed by atoms with E-state index in [0.29, 0.717) is 16.8 Å². The Labute approximate surface area is 99.0 Å². The number of pyridine rings is 1. The molecular weight excluding hydrogens is 216 g/mol. The normalized spacial score (nSPS) is 19.3. The Balaban J connectivity index is 2.04. The van der Waals surface area contributed by atoms with Crippen molar-refractivity contribution < 1.29 is 9.59 Å². The van der Waals surface area contributed by atoms with Gasteiger partial charge in [-0.1, -0.05) is 0 Å². The van der Waals surface area contributed by atoms with Gasteiger partial charge in [0.2, 0.25) is 5.78 Å². The largest absolute Gasteiger partial charge is 0.368 e. The summed E-state index contributed by atoms with van der Waals surface area (Å²) in [6.45, 7) is 1.72. The zero-order valence-electron chi connectivity index (χ0n) is 9.35. The van der Waals surface area contributed by atoms with E-state index < -0.39 is 0 Å². The smallest absolute Gasteiger partial charge is 0.211 e. The molecule has 4 nitrogen and oxygen atoms in total. The van der Waals surface area contributed by atoms with E-state index in [1.807, 2.05) is 4.90 Å². The summed E-state index contributed by atoms with van der Waals surface area (Å²) in [4.78, 5) is 30.1. The fraction of sp³-hybridized carbons (Fsp3) is 0.308. The molecule has 1 aliphatic carbocycles. The maximum Gasteiger partial charge on any atom is 0.211 e. The summed E-state index contributed by atoms with van der Waals surface area (Å²) in [6, 6.07) is 1.60. The number of Topliss-reactive ketones (excluding diaryl/α,β-unsaturated/α-hetero) is 1. The van der Waals surface area contributed by atoms with Crippen LogP contribution in [0.1, 0.15) is 33.6 Å². The number of fused-ring (bicyclic) bond motifs is 1. The number of likely N-dealkylation sites (tertiary alicyclic amines) is 1. The van der Waals surface area contributed by atoms with Crippen molar-refractivity contribution >= 4 is 11.6 Å². The Kier molecular flexibility index (Phi) is 2.28. The molecule has 1 fully saturated rings. The van der Waals surface area contributed by atoms with Gasteiger partial charge in [0.25, 0.3) is 0 Å². The number of nitrogens with zero attached hydrogens (tertiary/aromatic N) is 2. The minimum Gasteiger partial charge on any atom is -0.368 e. The van der Waals surface area contributed by atoms with Crippen LogP contribution in [0.15, 0.2) is 30.2 Å². The second-order valence-electron chi connectivity index (χ2n) is 4.34. The first-order chi connectivity index (χ1) is 8.27. The van der Waals surface area contributed by atoms with Crippen LogP contribution in [0.2, 0.25) is 0 Å². The fourth-order valence-corrected chi connectivity index (χ4v) is 2.39. The number of ketones is 2. The van der Waals surface area contributed by atoms with E-state index in [9.17, 15) is 9.59 Å². The Morgan fingerprint density at radius 2 is 1.88 bits per heavy atom. The molecule has 1 aliphatic heterocycles. The van der Waals surface area contributed by atoms with Crippen LogP contribution in [0.25, 0.3) is 0 Å². The number of hydrogen-bond acceptors (Lipinski definition) is 4. The van der Waals surface area contributed by atoms with Crippen molar-refractivity contribution in [3.8, 4) is 0 Å². The van der Waals surface area contributed by atoms with Gasteiger partial charge in [-0.15, -0.1) is 0 Å². The van der Waals surface area contributed by atoms with E-state index in [1.165, 1.54) is 12.3 Å². The average molecular weight is 228 g/mol. The molecule has 1 saturated heterocycles. The van der Waals surface area contributed by atoms with Crippen molar-refractivity contribution in [2.24, 2.45) is 0 Å². The molecule has 17 heavy (non-hydrogen) atoms. The lowest BCUT2D eigenvalue weighted by Crippen LogP contribution is -2.29. The minimum absolute atomic E-state index is 0.0744. The number of allylic oxidation sites excluding steroid dienone is 2. The molecule has 86 valence electrons. The molecule has 1 aromatic rings. The minimum atomic E-state index is -0.0936. The van der Waals surface area contributed by atoms with Crippen LogP contribution in [-0.4, -0.2) is 34.5 Å². The monoisotopic (exact) mass is 228 g/mol. The van der Waals surface area contributed by atoms with Gasteiger partial charge in [0, 0.05) is 37.1 Å². The van der Waals surface area contributed by atoms with E-state index in [-0.39, 0.29) is 11.6 Å². The highest BCUT2D eigenvalue weighted by Gasteiger charge is 2.29. The third-order valence-electron chi connectivity index (χ3n) is 3.28. The SMILES string of the molecule is O=C1C=C(N2CCCC2)C(=O)c2cnccc21. The van der Waals surface area contributed by atoms with Gasteiger partial charge in [0.1, 0.15) is 0 Å². The lowest BCUT2D eigenvalue weighted by Gasteiger charge is -2.23. The first kappa shape index (κ1) is 10.2. The Morgan fingerprint density at radius 1 is 1.12 bits per heavy atom. The molecule has 0 N–H and O–H groups in total. The fourth-order valence-electron chi connectivity index (χ4n) is 2.39. The summed E-state index contributed by atoms with van der Waals surface area (Å²) in [5.74, 6) is -0.168. The molecule has 4 heteroatoms. The second-order valence-corrected chi connectivity index (χ2v) is 4.34. The topological polar surface area (TPSA) is 50.3 Å². The quantitative estimate of drug-likeness (QED) is 0.729. The number of carbonyl (C=O) groups is 2. The molecule has 0 amide bonds. The Morgan fingerprint density at radius 3 is 2.65 bits per heavy atom. The van der Waals surface area contributed by atoms with Gasteiger partial charge in [0.05, 0.1) is 11.3 Å². The van der Waals surface area contributed by atoms with Crippen LogP contribution in [0.5, 0.6) is 0 Å². The second kappa shape index (κ2) is 3.80. The van der Waals surface area contributed by atoms with Crippen LogP contribution in [0, 0.1) is 0 Å². The number of carbonyl (C=O) groups excluding carboxylic acids is 2. The Bertz CT molecular complexity index is 528. The maximum absolute atomic E-state index is 12.2. The molecule has 0 bridgehead atoms. The third kappa shape index (κ3) is 1.56. The van der Waals surface area contributed by atoms with Crippen LogP contribution < -0.4 is 0 Å². The molecule has 0 saturated carbocycles. The van der Waals surface area contributed by atoms with Crippen molar-refractivity contribution in [1.29, 1.82) is 0 Å². The summed E-state index contributed by atoms with van der Waals surface area (Å²) in [5.41, 5.74) is 1.43. The van der Waals surface area contributed by atoms with Gasteiger partial charge < -0.3 is 4.90 Å². The van der Waals surface area contributed by atoms with Crippen LogP contribution in [0.3, 0.4) is 0 Å². The highest BCUT2D eigenvalue weighted by atomic mass is 16.1. The van der Waals surface area contributed by atoms with Crippen molar-refractivity contribution in [1.82, 2.24) is 9.88 Å². The first-order valence-electron chi connectivity index (χ1n) is 5.77. The highest BCUT2D eigenvalue weighted by Crippen LogP contribution is 2.25. The van der Waals surface area contributed by atoms with Crippen molar-refractivity contribution in [2.45, 2.75) is 12.8 Å². The predicted octanol–water partition coefficient (Wildman–Crippen LogP) is 1.44. The van der Waals surface area contributed by atoms with Gasteiger partial charge in [-0.2, -0.15) is 0 Å². The average Bonchev–Trinajstić information content (AvgIpc) is 2.87. The van der Waals surface area contributed by atoms with Gasteiger partial charge in [-0.25, -0.2) is 0 Å². The summed E-state index contributed by atoms with van der Waals surface area (Å²) in [6.07, 6.45) is 6.66. The van der Waals surface area contributed by atoms with Crippen LogP contribution >= 0.6 is 0 Å². The van der Waals surface area contributed by atoms with Crippen LogP contribution in [-0.2, 0) is 0 Å². The molecule has 0 unspecified atom stereocenters. The molecular formula is C13H12N2O2. The van der Waals surface area contributed by atoms with Gasteiger partial charge >= 0.3 is 0 Å². The van der Waals surface area contributed by atoms with Gasteiger partial charge in [-0.05, 0) is 18.9 Å². The number of rotatable bonds is 1. The molecule has 2 heterocycles. The first-order valence-corrected chi connectivity index (χ1v) is 5.77. The third-order valence-corrected chi connectivity index (χ3v) is 3.28. The molecule has 0 atom stereocenters. The molecule has 0 aromatic carbocycles. The standard InChI is InChI=1S/C13H12N2O2/c16-12-7-11(15-5-1-2-6-15)13(17)10-8-14-4-3-9(10)12/h3-4,7-8H,1-2,5-6H2. The maximum atomic E-state index is 12.2. The Hall–Kier alpha value is -1.97. The zero-order valence-corrected chi connectivity index (χ0v) is 9.35. The predicted molar refractivity (Wildman–Crippen MR) is 61.8 cm³/mol. The highest BCUT2D eigenvalue weighted by molar-refractivity contribution is 6.24. The molecule has 0 spiro atoms. The van der Waals surface area contributed by atoms with E-state index >= 15 is 0 Å². The van der Waals surface area contributed by atoms with E-state index in [0.717, 1.165) is 25.9 Å². The summed E-state index contributed by atoms with van der Waals surface area (Å²) >= 11 is 0. The molecule has 3 rings (SSSR count). The van der Waals surface area contributed by atoms with Gasteiger partial charge in [0.15, 0.2) is 5.78 Å². The zero-order chi connectivity index (χ0) is 11.8.